The maximum Gasteiger partial charge on any atom is 0.258 e. The molecule has 0 heterocycles. The molecule has 3 nitrogen and oxygen atoms in total. The van der Waals surface area contributed by atoms with E-state index in [1.54, 1.807) is 43.3 Å². The number of hydrogen-bond acceptors (Lipinski definition) is 2. The van der Waals surface area contributed by atoms with E-state index in [1.165, 1.54) is 6.07 Å². The summed E-state index contributed by atoms with van der Waals surface area (Å²) >= 11 is 0. The van der Waals surface area contributed by atoms with Crippen molar-refractivity contribution >= 4 is 11.6 Å². The SMILES string of the molecule is CCOc1ccc(NC(=O)c2cccc(C)c2F)cc1. The number of nitrogens with one attached hydrogen (secondary N) is 1. The molecule has 0 spiro atoms. The summed E-state index contributed by atoms with van der Waals surface area (Å²) in [7, 11) is 0. The average molecular weight is 273 g/mol. The van der Waals surface area contributed by atoms with E-state index in [9.17, 15) is 9.18 Å². The molecule has 0 aliphatic rings. The van der Waals surface area contributed by atoms with Gasteiger partial charge in [-0.05, 0) is 49.7 Å². The summed E-state index contributed by atoms with van der Waals surface area (Å²) in [6.45, 7) is 4.11. The second kappa shape index (κ2) is 6.19. The summed E-state index contributed by atoms with van der Waals surface area (Å²) in [4.78, 5) is 12.0. The number of halogens is 1. The van der Waals surface area contributed by atoms with Crippen LogP contribution in [0.4, 0.5) is 10.1 Å². The number of amides is 1. The van der Waals surface area contributed by atoms with Gasteiger partial charge >= 0.3 is 0 Å². The van der Waals surface area contributed by atoms with Crippen LogP contribution in [0.5, 0.6) is 5.75 Å². The molecule has 0 aliphatic heterocycles. The zero-order valence-electron chi connectivity index (χ0n) is 11.4. The van der Waals surface area contributed by atoms with Crippen LogP contribution in [-0.2, 0) is 0 Å². The molecule has 1 N–H and O–H groups in total. The Morgan fingerprint density at radius 2 is 1.90 bits per heavy atom. The van der Waals surface area contributed by atoms with Crippen molar-refractivity contribution in [3.63, 3.8) is 0 Å². The monoisotopic (exact) mass is 273 g/mol. The number of benzene rings is 2. The van der Waals surface area contributed by atoms with Gasteiger partial charge in [-0.15, -0.1) is 0 Å². The first kappa shape index (κ1) is 14.1. The highest BCUT2D eigenvalue weighted by molar-refractivity contribution is 6.04. The average Bonchev–Trinajstić information content (AvgIpc) is 2.44. The number of ether oxygens (including phenoxy) is 1. The van der Waals surface area contributed by atoms with Crippen LogP contribution in [0.25, 0.3) is 0 Å². The molecule has 2 aromatic carbocycles. The Kier molecular flexibility index (Phi) is 4.35. The highest BCUT2D eigenvalue weighted by Gasteiger charge is 2.13. The van der Waals surface area contributed by atoms with E-state index in [0.717, 1.165) is 5.75 Å². The smallest absolute Gasteiger partial charge is 0.258 e. The number of carbonyl (C=O) groups excluding carboxylic acids is 1. The van der Waals surface area contributed by atoms with E-state index in [2.05, 4.69) is 5.32 Å². The number of rotatable bonds is 4. The van der Waals surface area contributed by atoms with E-state index in [0.29, 0.717) is 17.9 Å². The van der Waals surface area contributed by atoms with Crippen molar-refractivity contribution in [1.82, 2.24) is 0 Å². The van der Waals surface area contributed by atoms with E-state index in [-0.39, 0.29) is 5.56 Å². The lowest BCUT2D eigenvalue weighted by molar-refractivity contribution is 0.102. The summed E-state index contributed by atoms with van der Waals surface area (Å²) in [5.41, 5.74) is 1.09. The minimum Gasteiger partial charge on any atom is -0.494 e. The molecule has 0 aromatic heterocycles. The number of hydrogen-bond donors (Lipinski definition) is 1. The Morgan fingerprint density at radius 3 is 2.55 bits per heavy atom. The van der Waals surface area contributed by atoms with Gasteiger partial charge in [0.05, 0.1) is 12.2 Å². The second-order valence-corrected chi connectivity index (χ2v) is 4.35. The molecule has 0 saturated carbocycles. The minimum atomic E-state index is -0.490. The van der Waals surface area contributed by atoms with Crippen LogP contribution in [0, 0.1) is 12.7 Å². The largest absolute Gasteiger partial charge is 0.494 e. The molecule has 1 amide bonds. The van der Waals surface area contributed by atoms with Gasteiger partial charge in [0.25, 0.3) is 5.91 Å². The fraction of sp³-hybridized carbons (Fsp3) is 0.188. The molecule has 0 bridgehead atoms. The van der Waals surface area contributed by atoms with Gasteiger partial charge in [0.1, 0.15) is 11.6 Å². The van der Waals surface area contributed by atoms with Crippen LogP contribution in [0.15, 0.2) is 42.5 Å². The van der Waals surface area contributed by atoms with Crippen LogP contribution >= 0.6 is 0 Å². The third-order valence-electron chi connectivity index (χ3n) is 2.86. The van der Waals surface area contributed by atoms with Gasteiger partial charge in [0.15, 0.2) is 0 Å². The lowest BCUT2D eigenvalue weighted by Gasteiger charge is -2.08. The topological polar surface area (TPSA) is 38.3 Å². The summed E-state index contributed by atoms with van der Waals surface area (Å²) in [6.07, 6.45) is 0. The van der Waals surface area contributed by atoms with Crippen molar-refractivity contribution in [2.24, 2.45) is 0 Å². The molecule has 0 unspecified atom stereocenters. The van der Waals surface area contributed by atoms with Gasteiger partial charge in [-0.25, -0.2) is 4.39 Å². The van der Waals surface area contributed by atoms with Crippen molar-refractivity contribution < 1.29 is 13.9 Å². The number of aryl methyl sites for hydroxylation is 1. The zero-order valence-corrected chi connectivity index (χ0v) is 11.4. The maximum atomic E-state index is 13.8. The van der Waals surface area contributed by atoms with Gasteiger partial charge < -0.3 is 10.1 Å². The summed E-state index contributed by atoms with van der Waals surface area (Å²) < 4.78 is 19.2. The molecule has 2 aromatic rings. The second-order valence-electron chi connectivity index (χ2n) is 4.35. The normalized spacial score (nSPS) is 10.2. The van der Waals surface area contributed by atoms with E-state index < -0.39 is 11.7 Å². The Balaban J connectivity index is 2.13. The first-order valence-electron chi connectivity index (χ1n) is 6.41. The third kappa shape index (κ3) is 3.15. The van der Waals surface area contributed by atoms with Crippen molar-refractivity contribution in [3.8, 4) is 5.75 Å². The van der Waals surface area contributed by atoms with Gasteiger partial charge in [-0.3, -0.25) is 4.79 Å². The van der Waals surface area contributed by atoms with Gasteiger partial charge in [-0.1, -0.05) is 12.1 Å². The van der Waals surface area contributed by atoms with E-state index in [1.807, 2.05) is 6.92 Å². The van der Waals surface area contributed by atoms with Crippen LogP contribution < -0.4 is 10.1 Å². The van der Waals surface area contributed by atoms with Crippen molar-refractivity contribution in [2.75, 3.05) is 11.9 Å². The van der Waals surface area contributed by atoms with Gasteiger partial charge in [-0.2, -0.15) is 0 Å². The summed E-state index contributed by atoms with van der Waals surface area (Å²) in [5, 5.41) is 2.66. The Labute approximate surface area is 117 Å². The standard InChI is InChI=1S/C16H16FNO2/c1-3-20-13-9-7-12(8-10-13)18-16(19)14-6-4-5-11(2)15(14)17/h4-10H,3H2,1-2H3,(H,18,19). The molecule has 0 aliphatic carbocycles. The van der Waals surface area contributed by atoms with E-state index >= 15 is 0 Å². The lowest BCUT2D eigenvalue weighted by Crippen LogP contribution is -2.14. The molecular weight excluding hydrogens is 257 g/mol. The zero-order chi connectivity index (χ0) is 14.5. The summed E-state index contributed by atoms with van der Waals surface area (Å²) in [6, 6.07) is 11.7. The number of carbonyl (C=O) groups is 1. The van der Waals surface area contributed by atoms with Gasteiger partial charge in [0.2, 0.25) is 0 Å². The lowest BCUT2D eigenvalue weighted by atomic mass is 10.1. The van der Waals surface area contributed by atoms with Crippen LogP contribution in [0.2, 0.25) is 0 Å². The molecular formula is C16H16FNO2. The Bertz CT molecular complexity index is 608. The molecule has 4 heteroatoms. The van der Waals surface area contributed by atoms with Crippen molar-refractivity contribution in [3.05, 3.63) is 59.4 Å². The number of anilines is 1. The van der Waals surface area contributed by atoms with Crippen LogP contribution in [0.3, 0.4) is 0 Å². The molecule has 0 saturated heterocycles. The molecule has 0 atom stereocenters. The first-order chi connectivity index (χ1) is 9.61. The molecule has 0 radical (unpaired) electrons. The van der Waals surface area contributed by atoms with Crippen molar-refractivity contribution in [2.45, 2.75) is 13.8 Å². The maximum absolute atomic E-state index is 13.8. The molecule has 104 valence electrons. The summed E-state index contributed by atoms with van der Waals surface area (Å²) in [5.74, 6) is -0.224. The molecule has 0 fully saturated rings. The molecule has 20 heavy (non-hydrogen) atoms. The minimum absolute atomic E-state index is 0.0406. The predicted molar refractivity (Wildman–Crippen MR) is 76.7 cm³/mol. The Morgan fingerprint density at radius 1 is 1.20 bits per heavy atom. The fourth-order valence-electron chi connectivity index (χ4n) is 1.82. The fourth-order valence-corrected chi connectivity index (χ4v) is 1.82. The highest BCUT2D eigenvalue weighted by Crippen LogP contribution is 2.18. The first-order valence-corrected chi connectivity index (χ1v) is 6.41. The quantitative estimate of drug-likeness (QED) is 0.920. The predicted octanol–water partition coefficient (Wildman–Crippen LogP) is 3.79. The van der Waals surface area contributed by atoms with Crippen LogP contribution in [0.1, 0.15) is 22.8 Å². The molecule has 2 rings (SSSR count). The van der Waals surface area contributed by atoms with E-state index in [4.69, 9.17) is 4.74 Å². The third-order valence-corrected chi connectivity index (χ3v) is 2.86. The van der Waals surface area contributed by atoms with Gasteiger partial charge in [0, 0.05) is 5.69 Å². The van der Waals surface area contributed by atoms with Crippen LogP contribution in [-0.4, -0.2) is 12.5 Å². The van der Waals surface area contributed by atoms with Crippen molar-refractivity contribution in [1.29, 1.82) is 0 Å². The Hall–Kier alpha value is -2.36. The highest BCUT2D eigenvalue weighted by atomic mass is 19.1.